The molecule has 6 heteroatoms. The van der Waals surface area contributed by atoms with Gasteiger partial charge in [-0.2, -0.15) is 0 Å². The largest absolute Gasteiger partial charge is 0.378 e. The number of carbonyl (C=O) groups is 1. The molecule has 21 heavy (non-hydrogen) atoms. The lowest BCUT2D eigenvalue weighted by molar-refractivity contribution is -0.133. The van der Waals surface area contributed by atoms with Crippen molar-refractivity contribution in [1.82, 2.24) is 4.90 Å². The molecule has 5 nitrogen and oxygen atoms in total. The van der Waals surface area contributed by atoms with Crippen LogP contribution in [0.25, 0.3) is 0 Å². The van der Waals surface area contributed by atoms with Crippen LogP contribution in [0.5, 0.6) is 0 Å². The van der Waals surface area contributed by atoms with Crippen molar-refractivity contribution in [2.45, 2.75) is 64.0 Å². The molecule has 0 radical (unpaired) electrons. The summed E-state index contributed by atoms with van der Waals surface area (Å²) >= 11 is 0. The fourth-order valence-corrected chi connectivity index (χ4v) is 4.89. The van der Waals surface area contributed by atoms with Gasteiger partial charge in [0.15, 0.2) is 9.84 Å². The average Bonchev–Trinajstić information content (AvgIpc) is 3.06. The Kier molecular flexibility index (Phi) is 6.05. The van der Waals surface area contributed by atoms with Gasteiger partial charge >= 0.3 is 0 Å². The Labute approximate surface area is 127 Å². The zero-order valence-corrected chi connectivity index (χ0v) is 13.7. The van der Waals surface area contributed by atoms with Crippen LogP contribution in [0.3, 0.4) is 0 Å². The minimum absolute atomic E-state index is 0.0982. The minimum atomic E-state index is -2.95. The summed E-state index contributed by atoms with van der Waals surface area (Å²) in [5.74, 6) is 0.461. The van der Waals surface area contributed by atoms with Crippen molar-refractivity contribution in [3.63, 3.8) is 0 Å². The Bertz CT molecular complexity index is 443. The fourth-order valence-electron chi connectivity index (χ4n) is 3.16. The van der Waals surface area contributed by atoms with Gasteiger partial charge < -0.3 is 9.64 Å². The Morgan fingerprint density at radius 1 is 1.33 bits per heavy atom. The van der Waals surface area contributed by atoms with E-state index in [-0.39, 0.29) is 29.6 Å². The molecule has 2 unspecified atom stereocenters. The van der Waals surface area contributed by atoms with E-state index in [4.69, 9.17) is 4.74 Å². The smallest absolute Gasteiger partial charge is 0.222 e. The SMILES string of the molecule is CCCCN(C(=O)CCC1CCCO1)C1CCS(=O)(=O)C1. The molecule has 0 spiro atoms. The van der Waals surface area contributed by atoms with E-state index in [1.165, 1.54) is 0 Å². The van der Waals surface area contributed by atoms with Crippen LogP contribution < -0.4 is 0 Å². The lowest BCUT2D eigenvalue weighted by Gasteiger charge is -2.28. The monoisotopic (exact) mass is 317 g/mol. The number of amides is 1. The highest BCUT2D eigenvalue weighted by molar-refractivity contribution is 7.91. The van der Waals surface area contributed by atoms with Crippen molar-refractivity contribution >= 4 is 15.7 Å². The first kappa shape index (κ1) is 16.7. The maximum absolute atomic E-state index is 12.5. The molecule has 1 amide bonds. The molecule has 0 aromatic carbocycles. The molecule has 0 bridgehead atoms. The third kappa shape index (κ3) is 4.95. The molecule has 0 N–H and O–H groups in total. The van der Waals surface area contributed by atoms with Gasteiger partial charge in [-0.05, 0) is 32.1 Å². The first-order chi connectivity index (χ1) is 10.0. The Morgan fingerprint density at radius 2 is 2.14 bits per heavy atom. The van der Waals surface area contributed by atoms with Crippen LogP contribution in [0.1, 0.15) is 51.9 Å². The van der Waals surface area contributed by atoms with Crippen molar-refractivity contribution in [3.05, 3.63) is 0 Å². The highest BCUT2D eigenvalue weighted by Crippen LogP contribution is 2.22. The van der Waals surface area contributed by atoms with Crippen LogP contribution in [-0.2, 0) is 19.4 Å². The van der Waals surface area contributed by atoms with Gasteiger partial charge in [-0.3, -0.25) is 4.79 Å². The van der Waals surface area contributed by atoms with Gasteiger partial charge in [0.1, 0.15) is 0 Å². The van der Waals surface area contributed by atoms with Crippen molar-refractivity contribution < 1.29 is 17.9 Å². The summed E-state index contributed by atoms with van der Waals surface area (Å²) in [6, 6.07) is -0.112. The number of carbonyl (C=O) groups excluding carboxylic acids is 1. The quantitative estimate of drug-likeness (QED) is 0.718. The lowest BCUT2D eigenvalue weighted by atomic mass is 10.1. The Morgan fingerprint density at radius 3 is 2.71 bits per heavy atom. The molecule has 122 valence electrons. The second kappa shape index (κ2) is 7.58. The van der Waals surface area contributed by atoms with E-state index in [0.717, 1.165) is 38.7 Å². The third-order valence-corrected chi connectivity index (χ3v) is 6.18. The van der Waals surface area contributed by atoms with Crippen molar-refractivity contribution in [2.75, 3.05) is 24.7 Å². The van der Waals surface area contributed by atoms with Gasteiger partial charge in [-0.1, -0.05) is 13.3 Å². The zero-order valence-electron chi connectivity index (χ0n) is 12.9. The summed E-state index contributed by atoms with van der Waals surface area (Å²) in [6.45, 7) is 3.57. The lowest BCUT2D eigenvalue weighted by Crippen LogP contribution is -2.42. The average molecular weight is 317 g/mol. The molecule has 2 aliphatic heterocycles. The zero-order chi connectivity index (χ0) is 15.3. The van der Waals surface area contributed by atoms with Gasteiger partial charge in [0.2, 0.25) is 5.91 Å². The summed E-state index contributed by atoms with van der Waals surface area (Å²) < 4.78 is 28.9. The molecule has 0 aliphatic carbocycles. The number of unbranched alkanes of at least 4 members (excludes halogenated alkanes) is 1. The molecular weight excluding hydrogens is 290 g/mol. The van der Waals surface area contributed by atoms with Crippen LogP contribution in [0, 0.1) is 0 Å². The van der Waals surface area contributed by atoms with Gasteiger partial charge in [0.05, 0.1) is 17.6 Å². The van der Waals surface area contributed by atoms with Crippen LogP contribution in [0.2, 0.25) is 0 Å². The van der Waals surface area contributed by atoms with E-state index in [1.54, 1.807) is 0 Å². The van der Waals surface area contributed by atoms with Crippen LogP contribution in [0.15, 0.2) is 0 Å². The van der Waals surface area contributed by atoms with E-state index < -0.39 is 9.84 Å². The maximum atomic E-state index is 12.5. The van der Waals surface area contributed by atoms with Gasteiger partial charge in [-0.15, -0.1) is 0 Å². The van der Waals surface area contributed by atoms with Gasteiger partial charge in [0, 0.05) is 25.6 Å². The molecule has 0 saturated carbocycles. The number of ether oxygens (including phenoxy) is 1. The standard InChI is InChI=1S/C15H27NO4S/c1-2-3-9-16(13-8-11-21(18,19)12-13)15(17)7-6-14-5-4-10-20-14/h13-14H,2-12H2,1H3. The Hall–Kier alpha value is -0.620. The fraction of sp³-hybridized carbons (Fsp3) is 0.933. The number of sulfone groups is 1. The molecule has 0 aromatic rings. The summed E-state index contributed by atoms with van der Waals surface area (Å²) in [6.07, 6.45) is 6.12. The first-order valence-electron chi connectivity index (χ1n) is 8.13. The molecule has 2 fully saturated rings. The minimum Gasteiger partial charge on any atom is -0.378 e. The van der Waals surface area contributed by atoms with E-state index >= 15 is 0 Å². The van der Waals surface area contributed by atoms with Crippen LogP contribution in [0.4, 0.5) is 0 Å². The second-order valence-electron chi connectivity index (χ2n) is 6.17. The van der Waals surface area contributed by atoms with E-state index in [2.05, 4.69) is 6.92 Å². The molecule has 0 aromatic heterocycles. The molecular formula is C15H27NO4S. The van der Waals surface area contributed by atoms with E-state index in [0.29, 0.717) is 19.4 Å². The van der Waals surface area contributed by atoms with Crippen LogP contribution in [-0.4, -0.2) is 56.0 Å². The first-order valence-corrected chi connectivity index (χ1v) is 9.95. The van der Waals surface area contributed by atoms with E-state index in [9.17, 15) is 13.2 Å². The molecule has 2 saturated heterocycles. The number of nitrogens with zero attached hydrogens (tertiary/aromatic N) is 1. The predicted molar refractivity (Wildman–Crippen MR) is 81.9 cm³/mol. The molecule has 2 aliphatic rings. The number of rotatable bonds is 7. The summed E-state index contributed by atoms with van der Waals surface area (Å²) in [4.78, 5) is 14.3. The summed E-state index contributed by atoms with van der Waals surface area (Å²) in [5, 5.41) is 0. The highest BCUT2D eigenvalue weighted by Gasteiger charge is 2.34. The van der Waals surface area contributed by atoms with Crippen molar-refractivity contribution in [1.29, 1.82) is 0 Å². The Balaban J connectivity index is 1.89. The third-order valence-electron chi connectivity index (χ3n) is 4.43. The molecule has 2 heterocycles. The normalized spacial score (nSPS) is 27.9. The van der Waals surface area contributed by atoms with Crippen LogP contribution >= 0.6 is 0 Å². The van der Waals surface area contributed by atoms with Gasteiger partial charge in [0.25, 0.3) is 0 Å². The van der Waals surface area contributed by atoms with Gasteiger partial charge in [-0.25, -0.2) is 8.42 Å². The summed E-state index contributed by atoms with van der Waals surface area (Å²) in [7, 11) is -2.95. The highest BCUT2D eigenvalue weighted by atomic mass is 32.2. The van der Waals surface area contributed by atoms with E-state index in [1.807, 2.05) is 4.90 Å². The molecule has 2 atom stereocenters. The number of hydrogen-bond donors (Lipinski definition) is 0. The summed E-state index contributed by atoms with van der Waals surface area (Å²) in [5.41, 5.74) is 0. The van der Waals surface area contributed by atoms with Crippen molar-refractivity contribution in [3.8, 4) is 0 Å². The topological polar surface area (TPSA) is 63.7 Å². The second-order valence-corrected chi connectivity index (χ2v) is 8.40. The van der Waals surface area contributed by atoms with Crippen molar-refractivity contribution in [2.24, 2.45) is 0 Å². The number of hydrogen-bond acceptors (Lipinski definition) is 4. The molecule has 2 rings (SSSR count). The maximum Gasteiger partial charge on any atom is 0.222 e. The predicted octanol–water partition coefficient (Wildman–Crippen LogP) is 1.76.